The lowest BCUT2D eigenvalue weighted by atomic mass is 9.92. The Morgan fingerprint density at radius 3 is 2.67 bits per heavy atom. The highest BCUT2D eigenvalue weighted by Crippen LogP contribution is 2.36. The number of carboxylic acid groups (broad SMARTS) is 1. The summed E-state index contributed by atoms with van der Waals surface area (Å²) in [7, 11) is 0. The zero-order valence-electron chi connectivity index (χ0n) is 21.2. The molecule has 0 unspecified atom stereocenters. The van der Waals surface area contributed by atoms with Gasteiger partial charge in [0.2, 0.25) is 11.3 Å². The maximum absolute atomic E-state index is 13.2. The highest BCUT2D eigenvalue weighted by atomic mass is 35.5. The second kappa shape index (κ2) is 10.4. The van der Waals surface area contributed by atoms with E-state index in [4.69, 9.17) is 27.9 Å². The molecular formula is C28H25Cl2N5O5. The van der Waals surface area contributed by atoms with Crippen LogP contribution in [0.2, 0.25) is 10.0 Å². The van der Waals surface area contributed by atoms with Gasteiger partial charge in [0.25, 0.3) is 0 Å². The maximum atomic E-state index is 13.2. The number of nitrogens with one attached hydrogen (secondary N) is 1. The molecule has 4 aromatic rings. The van der Waals surface area contributed by atoms with Gasteiger partial charge in [-0.1, -0.05) is 23.2 Å². The summed E-state index contributed by atoms with van der Waals surface area (Å²) >= 11 is 12.9. The molecule has 5 heterocycles. The second-order valence-electron chi connectivity index (χ2n) is 10.00. The fourth-order valence-electron chi connectivity index (χ4n) is 5.25. The summed E-state index contributed by atoms with van der Waals surface area (Å²) in [5, 5.41) is 24.3. The molecule has 40 heavy (non-hydrogen) atoms. The van der Waals surface area contributed by atoms with E-state index in [0.717, 1.165) is 19.4 Å². The van der Waals surface area contributed by atoms with E-state index in [9.17, 15) is 19.8 Å². The summed E-state index contributed by atoms with van der Waals surface area (Å²) in [6.45, 7) is 1.85. The van der Waals surface area contributed by atoms with Gasteiger partial charge in [0, 0.05) is 37.4 Å². The normalized spacial score (nSPS) is 18.1. The topological polar surface area (TPSA) is 130 Å². The van der Waals surface area contributed by atoms with Crippen LogP contribution >= 0.6 is 23.2 Å². The van der Waals surface area contributed by atoms with Crippen molar-refractivity contribution < 1.29 is 19.7 Å². The van der Waals surface area contributed by atoms with Crippen molar-refractivity contribution in [3.8, 4) is 11.6 Å². The number of fused-ring (bicyclic) bond motifs is 1. The van der Waals surface area contributed by atoms with Crippen LogP contribution in [-0.4, -0.2) is 63.0 Å². The fourth-order valence-corrected chi connectivity index (χ4v) is 5.69. The first-order valence-electron chi connectivity index (χ1n) is 12.8. The van der Waals surface area contributed by atoms with E-state index < -0.39 is 17.0 Å². The van der Waals surface area contributed by atoms with Gasteiger partial charge in [-0.25, -0.2) is 9.78 Å². The van der Waals surface area contributed by atoms with E-state index >= 15 is 0 Å². The molecular weight excluding hydrogens is 557 g/mol. The lowest BCUT2D eigenvalue weighted by Gasteiger charge is -2.36. The van der Waals surface area contributed by atoms with Crippen molar-refractivity contribution >= 4 is 45.8 Å². The summed E-state index contributed by atoms with van der Waals surface area (Å²) in [5.41, 5.74) is 0.167. The van der Waals surface area contributed by atoms with E-state index in [1.54, 1.807) is 47.3 Å². The number of pyridine rings is 3. The first-order valence-corrected chi connectivity index (χ1v) is 13.5. The van der Waals surface area contributed by atoms with Crippen LogP contribution in [0.15, 0.2) is 59.8 Å². The highest BCUT2D eigenvalue weighted by molar-refractivity contribution is 6.34. The average molecular weight is 582 g/mol. The fraction of sp³-hybridized carbons (Fsp3) is 0.286. The Bertz CT molecular complexity index is 1670. The Labute approximate surface area is 238 Å². The molecule has 10 nitrogen and oxygen atoms in total. The third-order valence-corrected chi connectivity index (χ3v) is 8.05. The quantitative estimate of drug-likeness (QED) is 0.299. The molecule has 0 saturated carbocycles. The molecule has 6 rings (SSSR count). The minimum atomic E-state index is -1.34. The number of rotatable bonds is 7. The van der Waals surface area contributed by atoms with Crippen molar-refractivity contribution in [2.75, 3.05) is 31.1 Å². The first-order chi connectivity index (χ1) is 19.2. The second-order valence-corrected chi connectivity index (χ2v) is 10.8. The molecule has 3 aromatic heterocycles. The molecule has 0 radical (unpaired) electrons. The van der Waals surface area contributed by atoms with Gasteiger partial charge in [0.05, 0.1) is 39.8 Å². The van der Waals surface area contributed by atoms with Crippen LogP contribution in [0.4, 0.5) is 5.69 Å². The van der Waals surface area contributed by atoms with Crippen molar-refractivity contribution in [2.45, 2.75) is 24.5 Å². The van der Waals surface area contributed by atoms with E-state index in [1.807, 2.05) is 0 Å². The summed E-state index contributed by atoms with van der Waals surface area (Å²) in [6, 6.07) is 10.2. The van der Waals surface area contributed by atoms with Gasteiger partial charge in [-0.15, -0.1) is 0 Å². The first kappa shape index (κ1) is 26.5. The number of anilines is 1. The minimum absolute atomic E-state index is 0.0238. The number of ether oxygens (including phenoxy) is 1. The van der Waals surface area contributed by atoms with Gasteiger partial charge in [-0.05, 0) is 49.2 Å². The molecule has 2 aliphatic heterocycles. The zero-order valence-corrected chi connectivity index (χ0v) is 22.7. The third-order valence-electron chi connectivity index (χ3n) is 7.46. The SMILES string of the molecule is O=C(O)c1cn(-c2ccc(C3(O)CNC3)nc2)c2cc(N3CCC[C@@H]3COc3ncccc3Cl)c(Cl)cc2c1=O. The van der Waals surface area contributed by atoms with E-state index in [0.29, 0.717) is 58.2 Å². The standard InChI is InChI=1S/C28H25Cl2N5O5/c29-20-4-1-7-32-26(20)40-13-17-3-2-8-34(17)23-10-22-18(9-21(23)30)25(36)19(27(37)38)12-35(22)16-5-6-24(33-11-16)28(39)14-31-15-28/h1,4-7,9-12,17,31,39H,2-3,8,13-15H2,(H,37,38)/t17-/m1/s1. The number of hydrogen-bond donors (Lipinski definition) is 3. The maximum Gasteiger partial charge on any atom is 0.341 e. The number of halogens is 2. The monoisotopic (exact) mass is 581 g/mol. The molecule has 1 atom stereocenters. The lowest BCUT2D eigenvalue weighted by molar-refractivity contribution is -0.0185. The van der Waals surface area contributed by atoms with Crippen LogP contribution < -0.4 is 20.4 Å². The Kier molecular flexibility index (Phi) is 6.87. The highest BCUT2D eigenvalue weighted by Gasteiger charge is 2.37. The molecule has 2 fully saturated rings. The number of aromatic nitrogens is 3. The lowest BCUT2D eigenvalue weighted by Crippen LogP contribution is -2.57. The molecule has 3 N–H and O–H groups in total. The van der Waals surface area contributed by atoms with E-state index in [1.165, 1.54) is 12.3 Å². The van der Waals surface area contributed by atoms with Gasteiger partial charge >= 0.3 is 5.97 Å². The molecule has 0 aliphatic carbocycles. The van der Waals surface area contributed by atoms with Crippen LogP contribution in [0, 0.1) is 0 Å². The molecule has 0 bridgehead atoms. The van der Waals surface area contributed by atoms with Crippen molar-refractivity contribution in [3.63, 3.8) is 0 Å². The smallest absolute Gasteiger partial charge is 0.341 e. The number of hydrogen-bond acceptors (Lipinski definition) is 8. The molecule has 2 aliphatic rings. The Balaban J connectivity index is 1.41. The van der Waals surface area contributed by atoms with E-state index in [2.05, 4.69) is 20.2 Å². The van der Waals surface area contributed by atoms with Crippen molar-refractivity contribution in [3.05, 3.63) is 86.5 Å². The number of carboxylic acids is 1. The van der Waals surface area contributed by atoms with Crippen LogP contribution in [0.25, 0.3) is 16.6 Å². The number of benzene rings is 1. The Hall–Kier alpha value is -3.70. The summed E-state index contributed by atoms with van der Waals surface area (Å²) in [4.78, 5) is 35.9. The van der Waals surface area contributed by atoms with Gasteiger partial charge in [0.15, 0.2) is 0 Å². The van der Waals surface area contributed by atoms with Crippen LogP contribution in [0.3, 0.4) is 0 Å². The minimum Gasteiger partial charge on any atom is -0.477 e. The zero-order chi connectivity index (χ0) is 28.0. The van der Waals surface area contributed by atoms with Gasteiger partial charge in [-0.3, -0.25) is 9.78 Å². The predicted molar refractivity (Wildman–Crippen MR) is 151 cm³/mol. The molecule has 0 amide bonds. The summed E-state index contributed by atoms with van der Waals surface area (Å²) < 4.78 is 7.55. The average Bonchev–Trinajstić information content (AvgIpc) is 3.40. The number of carbonyl (C=O) groups is 1. The summed E-state index contributed by atoms with van der Waals surface area (Å²) in [5.74, 6) is -0.987. The van der Waals surface area contributed by atoms with Crippen molar-refractivity contribution in [2.24, 2.45) is 0 Å². The van der Waals surface area contributed by atoms with Crippen molar-refractivity contribution in [1.82, 2.24) is 19.9 Å². The molecule has 206 valence electrons. The van der Waals surface area contributed by atoms with Crippen LogP contribution in [0.1, 0.15) is 28.9 Å². The predicted octanol–water partition coefficient (Wildman–Crippen LogP) is 3.62. The third kappa shape index (κ3) is 4.66. The summed E-state index contributed by atoms with van der Waals surface area (Å²) in [6.07, 6.45) is 6.23. The van der Waals surface area contributed by atoms with Crippen LogP contribution in [0.5, 0.6) is 5.88 Å². The van der Waals surface area contributed by atoms with Gasteiger partial charge < -0.3 is 29.7 Å². The van der Waals surface area contributed by atoms with Crippen LogP contribution in [-0.2, 0) is 5.60 Å². The van der Waals surface area contributed by atoms with Gasteiger partial charge in [-0.2, -0.15) is 0 Å². The van der Waals surface area contributed by atoms with E-state index in [-0.39, 0.29) is 17.0 Å². The number of aliphatic hydroxyl groups is 1. The van der Waals surface area contributed by atoms with Crippen molar-refractivity contribution in [1.29, 1.82) is 0 Å². The number of β-amino-alcohol motifs (C(OH)–C–C–N with tert-alkyl or cyclic N) is 1. The largest absolute Gasteiger partial charge is 0.477 e. The van der Waals surface area contributed by atoms with Gasteiger partial charge in [0.1, 0.15) is 22.8 Å². The Morgan fingerprint density at radius 2 is 2.00 bits per heavy atom. The molecule has 0 spiro atoms. The number of nitrogens with zero attached hydrogens (tertiary/aromatic N) is 4. The molecule has 1 aromatic carbocycles. The Morgan fingerprint density at radius 1 is 1.18 bits per heavy atom. The molecule has 12 heteroatoms. The number of aromatic carboxylic acids is 1. The molecule has 2 saturated heterocycles.